The molecule has 1 saturated heterocycles. The zero-order chi connectivity index (χ0) is 25.9. The zero-order valence-corrected chi connectivity index (χ0v) is 20.6. The van der Waals surface area contributed by atoms with Crippen LogP contribution in [0, 0.1) is 12.7 Å². The summed E-state index contributed by atoms with van der Waals surface area (Å²) in [6.07, 6.45) is 3.04. The first-order valence-corrected chi connectivity index (χ1v) is 12.5. The van der Waals surface area contributed by atoms with E-state index in [0.29, 0.717) is 29.8 Å². The topological polar surface area (TPSA) is 76.2 Å². The molecule has 1 aliphatic carbocycles. The van der Waals surface area contributed by atoms with Gasteiger partial charge in [0, 0.05) is 18.6 Å². The minimum absolute atomic E-state index is 0.108. The second-order valence-electron chi connectivity index (χ2n) is 10.3. The van der Waals surface area contributed by atoms with Crippen LogP contribution >= 0.6 is 0 Å². The van der Waals surface area contributed by atoms with E-state index in [1.54, 1.807) is 19.1 Å². The lowest BCUT2D eigenvalue weighted by Gasteiger charge is -2.51. The van der Waals surface area contributed by atoms with E-state index >= 15 is 8.78 Å². The van der Waals surface area contributed by atoms with E-state index in [2.05, 4.69) is 37.2 Å². The van der Waals surface area contributed by atoms with Gasteiger partial charge >= 0.3 is 0 Å². The van der Waals surface area contributed by atoms with Crippen molar-refractivity contribution in [3.63, 3.8) is 0 Å². The van der Waals surface area contributed by atoms with Crippen molar-refractivity contribution in [1.29, 1.82) is 0 Å². The van der Waals surface area contributed by atoms with E-state index < -0.39 is 31.0 Å². The fourth-order valence-electron chi connectivity index (χ4n) is 5.59. The van der Waals surface area contributed by atoms with E-state index in [1.165, 1.54) is 27.9 Å². The number of pyridine rings is 1. The number of anilines is 1. The highest BCUT2D eigenvalue weighted by Gasteiger charge is 2.42. The van der Waals surface area contributed by atoms with E-state index in [-0.39, 0.29) is 28.4 Å². The summed E-state index contributed by atoms with van der Waals surface area (Å²) in [4.78, 5) is 15.3. The summed E-state index contributed by atoms with van der Waals surface area (Å²) in [5, 5.41) is 7.45. The fourth-order valence-corrected chi connectivity index (χ4v) is 5.59. The van der Waals surface area contributed by atoms with Crippen LogP contribution < -0.4 is 5.32 Å². The average molecular weight is 517 g/mol. The maximum atomic E-state index is 15.1. The molecule has 0 spiro atoms. The largest absolute Gasteiger partial charge is 0.347 e. The minimum atomic E-state index is -2.58. The van der Waals surface area contributed by atoms with Gasteiger partial charge in [0.15, 0.2) is 11.5 Å². The third-order valence-corrected chi connectivity index (χ3v) is 7.90. The lowest BCUT2D eigenvalue weighted by molar-refractivity contribution is -0.0115. The molecule has 0 radical (unpaired) electrons. The van der Waals surface area contributed by atoms with Crippen molar-refractivity contribution in [1.82, 2.24) is 34.0 Å². The summed E-state index contributed by atoms with van der Waals surface area (Å²) in [5.74, 6) is 0.0272. The van der Waals surface area contributed by atoms with Gasteiger partial charge in [-0.25, -0.2) is 37.0 Å². The number of hydrogen-bond donors (Lipinski definition) is 1. The fraction of sp³-hybridized carbons (Fsp3) is 0.520. The Bertz CT molecular complexity index is 1460. The summed E-state index contributed by atoms with van der Waals surface area (Å²) >= 11 is 0. The Labute approximate surface area is 210 Å². The van der Waals surface area contributed by atoms with Crippen LogP contribution in [0.4, 0.5) is 23.5 Å². The molecule has 1 aliphatic heterocycles. The maximum Gasteiger partial charge on any atom is 0.256 e. The van der Waals surface area contributed by atoms with Gasteiger partial charge in [-0.15, -0.1) is 5.10 Å². The smallest absolute Gasteiger partial charge is 0.256 e. The standard InChI is InChI=1S/C25H28F4N8/c1-14-31-19-5-4-18(32-23(19)36(14)13-21(28)29)22-16(27)12-37-20(22)10-30-24(34-37)33-17-6-9-35(11-15(17)26)25(2)7-3-8-25/h4-5,10,12,15,17,21H,3,6-9,11,13H2,1-2H3,(H,33,34). The third kappa shape index (κ3) is 4.20. The van der Waals surface area contributed by atoms with Crippen molar-refractivity contribution >= 4 is 22.6 Å². The van der Waals surface area contributed by atoms with Crippen LogP contribution in [-0.2, 0) is 6.54 Å². The van der Waals surface area contributed by atoms with E-state index in [0.717, 1.165) is 19.4 Å². The molecule has 2 unspecified atom stereocenters. The first-order chi connectivity index (χ1) is 17.7. The van der Waals surface area contributed by atoms with E-state index in [4.69, 9.17) is 0 Å². The van der Waals surface area contributed by atoms with E-state index in [1.807, 2.05) is 0 Å². The first-order valence-electron chi connectivity index (χ1n) is 12.5. The van der Waals surface area contributed by atoms with Crippen LogP contribution in [0.3, 0.4) is 0 Å². The van der Waals surface area contributed by atoms with Gasteiger partial charge < -0.3 is 9.88 Å². The summed E-state index contributed by atoms with van der Waals surface area (Å²) < 4.78 is 59.0. The number of likely N-dealkylation sites (tertiary alicyclic amines) is 1. The molecule has 5 heterocycles. The molecule has 2 fully saturated rings. The molecule has 2 aliphatic rings. The van der Waals surface area contributed by atoms with Gasteiger partial charge in [0.2, 0.25) is 5.95 Å². The Morgan fingerprint density at radius 1 is 1.22 bits per heavy atom. The van der Waals surface area contributed by atoms with Gasteiger partial charge in [-0.1, -0.05) is 0 Å². The van der Waals surface area contributed by atoms with Crippen molar-refractivity contribution in [3.8, 4) is 11.3 Å². The van der Waals surface area contributed by atoms with Crippen molar-refractivity contribution in [2.24, 2.45) is 0 Å². The number of alkyl halides is 3. The molecule has 0 amide bonds. The molecule has 196 valence electrons. The molecule has 2 atom stereocenters. The lowest BCUT2D eigenvalue weighted by Crippen LogP contribution is -2.59. The molecule has 6 rings (SSSR count). The Morgan fingerprint density at radius 2 is 2.03 bits per heavy atom. The SMILES string of the molecule is Cc1nc2ccc(-c3c(F)cn4nc(NC5CCN(C6(C)CCC6)CC5F)ncc34)nc2n1CC(F)F. The highest BCUT2D eigenvalue weighted by atomic mass is 19.3. The van der Waals surface area contributed by atoms with E-state index in [9.17, 15) is 8.78 Å². The van der Waals surface area contributed by atoms with Crippen LogP contribution in [-0.4, -0.2) is 71.3 Å². The number of rotatable bonds is 6. The van der Waals surface area contributed by atoms with Gasteiger partial charge in [0.1, 0.15) is 17.5 Å². The Hall–Kier alpha value is -3.28. The first kappa shape index (κ1) is 24.1. The Kier molecular flexibility index (Phi) is 5.81. The molecule has 1 N–H and O–H groups in total. The molecular formula is C25H28F4N8. The quantitative estimate of drug-likeness (QED) is 0.377. The summed E-state index contributed by atoms with van der Waals surface area (Å²) in [5.41, 5.74) is 1.58. The molecule has 8 nitrogen and oxygen atoms in total. The minimum Gasteiger partial charge on any atom is -0.347 e. The Balaban J connectivity index is 1.26. The highest BCUT2D eigenvalue weighted by Crippen LogP contribution is 2.39. The molecule has 0 aromatic carbocycles. The number of nitrogens with zero attached hydrogens (tertiary/aromatic N) is 7. The van der Waals surface area contributed by atoms with Gasteiger partial charge in [-0.3, -0.25) is 4.90 Å². The van der Waals surface area contributed by atoms with Crippen molar-refractivity contribution in [2.45, 2.75) is 70.3 Å². The molecule has 0 bridgehead atoms. The number of hydrogen-bond acceptors (Lipinski definition) is 6. The van der Waals surface area contributed by atoms with Crippen LogP contribution in [0.2, 0.25) is 0 Å². The monoisotopic (exact) mass is 516 g/mol. The molecule has 4 aromatic rings. The molecular weight excluding hydrogens is 488 g/mol. The number of aryl methyl sites for hydroxylation is 1. The predicted octanol–water partition coefficient (Wildman–Crippen LogP) is 4.62. The van der Waals surface area contributed by atoms with Crippen LogP contribution in [0.1, 0.15) is 38.4 Å². The lowest BCUT2D eigenvalue weighted by atomic mass is 9.76. The van der Waals surface area contributed by atoms with Crippen molar-refractivity contribution in [3.05, 3.63) is 36.2 Å². The summed E-state index contributed by atoms with van der Waals surface area (Å²) in [6.45, 7) is 4.44. The number of aromatic nitrogens is 6. The summed E-state index contributed by atoms with van der Waals surface area (Å²) in [6, 6.07) is 2.79. The number of imidazole rings is 1. The van der Waals surface area contributed by atoms with Crippen molar-refractivity contribution < 1.29 is 17.6 Å². The van der Waals surface area contributed by atoms with Crippen molar-refractivity contribution in [2.75, 3.05) is 18.4 Å². The van der Waals surface area contributed by atoms with Crippen LogP contribution in [0.25, 0.3) is 27.9 Å². The van der Waals surface area contributed by atoms with Gasteiger partial charge in [-0.2, -0.15) is 0 Å². The zero-order valence-electron chi connectivity index (χ0n) is 20.6. The summed E-state index contributed by atoms with van der Waals surface area (Å²) in [7, 11) is 0. The molecule has 37 heavy (non-hydrogen) atoms. The Morgan fingerprint density at radius 3 is 2.73 bits per heavy atom. The van der Waals surface area contributed by atoms with Gasteiger partial charge in [0.05, 0.1) is 41.8 Å². The third-order valence-electron chi connectivity index (χ3n) is 7.90. The molecule has 4 aromatic heterocycles. The molecule has 12 heteroatoms. The number of nitrogens with one attached hydrogen (secondary N) is 1. The number of piperidine rings is 1. The van der Waals surface area contributed by atoms with Gasteiger partial charge in [-0.05, 0) is 51.7 Å². The van der Waals surface area contributed by atoms with Gasteiger partial charge in [0.25, 0.3) is 6.43 Å². The highest BCUT2D eigenvalue weighted by molar-refractivity contribution is 5.83. The molecule has 1 saturated carbocycles. The number of fused-ring (bicyclic) bond motifs is 2. The maximum absolute atomic E-state index is 15.1. The normalized spacial score (nSPS) is 22.1. The average Bonchev–Trinajstić information content (AvgIpc) is 3.33. The number of halogens is 4. The van der Waals surface area contributed by atoms with Crippen LogP contribution in [0.15, 0.2) is 24.5 Å². The second kappa shape index (κ2) is 8.93. The second-order valence-corrected chi connectivity index (χ2v) is 10.3. The predicted molar refractivity (Wildman–Crippen MR) is 131 cm³/mol. The van der Waals surface area contributed by atoms with Crippen LogP contribution in [0.5, 0.6) is 0 Å².